The van der Waals surface area contributed by atoms with Crippen LogP contribution < -0.4 is 10.9 Å². The molecule has 2 saturated heterocycles. The Morgan fingerprint density at radius 3 is 2.63 bits per heavy atom. The van der Waals surface area contributed by atoms with Crippen molar-refractivity contribution in [2.75, 3.05) is 24.6 Å². The number of carbonyl (C=O) groups excluding carboxylic acids is 1. The second-order valence-electron chi connectivity index (χ2n) is 4.98. The van der Waals surface area contributed by atoms with Crippen LogP contribution in [0.1, 0.15) is 18.0 Å². The predicted octanol–water partition coefficient (Wildman–Crippen LogP) is 1.17. The lowest BCUT2D eigenvalue weighted by atomic mass is 10.0. The molecule has 2 aliphatic rings. The van der Waals surface area contributed by atoms with Crippen LogP contribution in [0.2, 0.25) is 0 Å². The van der Waals surface area contributed by atoms with Crippen molar-refractivity contribution in [1.29, 1.82) is 0 Å². The van der Waals surface area contributed by atoms with Crippen molar-refractivity contribution in [2.24, 2.45) is 0 Å². The number of hydrazine groups is 1. The maximum Gasteiger partial charge on any atom is 0.241 e. The Hall–Kier alpha value is -1.04. The van der Waals surface area contributed by atoms with Crippen LogP contribution in [0.3, 0.4) is 0 Å². The zero-order valence-corrected chi connectivity index (χ0v) is 11.7. The van der Waals surface area contributed by atoms with Crippen molar-refractivity contribution in [3.05, 3.63) is 35.9 Å². The third-order valence-electron chi connectivity index (χ3n) is 3.73. The van der Waals surface area contributed by atoms with Gasteiger partial charge in [0.1, 0.15) is 6.04 Å². The summed E-state index contributed by atoms with van der Waals surface area (Å²) in [6.07, 6.45) is 0.826. The number of carbonyl (C=O) groups is 1. The molecular formula is C14H19N3OS. The van der Waals surface area contributed by atoms with Crippen LogP contribution in [-0.2, 0) is 4.79 Å². The number of thioether (sulfide) groups is 1. The molecule has 102 valence electrons. The minimum Gasteiger partial charge on any atom is -0.340 e. The third-order valence-corrected chi connectivity index (χ3v) is 4.67. The van der Waals surface area contributed by atoms with Gasteiger partial charge in [0.05, 0.1) is 0 Å². The monoisotopic (exact) mass is 277 g/mol. The van der Waals surface area contributed by atoms with Crippen LogP contribution in [0.4, 0.5) is 0 Å². The van der Waals surface area contributed by atoms with Crippen molar-refractivity contribution in [3.8, 4) is 0 Å². The van der Waals surface area contributed by atoms with E-state index in [-0.39, 0.29) is 18.0 Å². The Kier molecular flexibility index (Phi) is 4.06. The average molecular weight is 277 g/mol. The molecule has 3 rings (SSSR count). The summed E-state index contributed by atoms with van der Waals surface area (Å²) < 4.78 is 0. The molecule has 0 bridgehead atoms. The number of hydrogen-bond donors (Lipinski definition) is 2. The molecule has 2 aliphatic heterocycles. The molecular weight excluding hydrogens is 258 g/mol. The lowest BCUT2D eigenvalue weighted by Crippen LogP contribution is -2.48. The van der Waals surface area contributed by atoms with Gasteiger partial charge in [0.2, 0.25) is 5.91 Å². The summed E-state index contributed by atoms with van der Waals surface area (Å²) in [5.74, 6) is 2.37. The molecule has 0 aliphatic carbocycles. The lowest BCUT2D eigenvalue weighted by Gasteiger charge is -2.28. The molecule has 0 saturated carbocycles. The first kappa shape index (κ1) is 13.0. The van der Waals surface area contributed by atoms with E-state index in [1.807, 2.05) is 34.9 Å². The molecule has 1 aromatic rings. The van der Waals surface area contributed by atoms with Crippen molar-refractivity contribution < 1.29 is 4.79 Å². The van der Waals surface area contributed by atoms with Crippen molar-refractivity contribution >= 4 is 17.7 Å². The molecule has 0 spiro atoms. The molecule has 5 heteroatoms. The van der Waals surface area contributed by atoms with Gasteiger partial charge in [-0.1, -0.05) is 30.3 Å². The second kappa shape index (κ2) is 5.94. The molecule has 1 amide bonds. The highest BCUT2D eigenvalue weighted by atomic mass is 32.2. The fourth-order valence-corrected chi connectivity index (χ4v) is 3.53. The largest absolute Gasteiger partial charge is 0.340 e. The van der Waals surface area contributed by atoms with Crippen molar-refractivity contribution in [2.45, 2.75) is 18.5 Å². The van der Waals surface area contributed by atoms with Crippen LogP contribution in [0, 0.1) is 0 Å². The van der Waals surface area contributed by atoms with Gasteiger partial charge in [0.15, 0.2) is 0 Å². The fraction of sp³-hybridized carbons (Fsp3) is 0.500. The number of nitrogens with zero attached hydrogens (tertiary/aromatic N) is 1. The van der Waals surface area contributed by atoms with Gasteiger partial charge < -0.3 is 4.90 Å². The predicted molar refractivity (Wildman–Crippen MR) is 77.8 cm³/mol. The quantitative estimate of drug-likeness (QED) is 0.852. The van der Waals surface area contributed by atoms with E-state index in [0.29, 0.717) is 0 Å². The van der Waals surface area contributed by atoms with E-state index in [2.05, 4.69) is 23.0 Å². The van der Waals surface area contributed by atoms with Gasteiger partial charge in [-0.25, -0.2) is 10.9 Å². The normalized spacial score (nSPS) is 27.5. The zero-order chi connectivity index (χ0) is 13.1. The molecule has 0 radical (unpaired) electrons. The molecule has 2 atom stereocenters. The maximum absolute atomic E-state index is 12.4. The number of rotatable bonds is 2. The summed E-state index contributed by atoms with van der Waals surface area (Å²) in [6, 6.07) is 10.4. The highest BCUT2D eigenvalue weighted by Crippen LogP contribution is 2.23. The Morgan fingerprint density at radius 1 is 1.16 bits per heavy atom. The van der Waals surface area contributed by atoms with Gasteiger partial charge in [0.25, 0.3) is 0 Å². The van der Waals surface area contributed by atoms with Gasteiger partial charge in [-0.15, -0.1) is 0 Å². The van der Waals surface area contributed by atoms with Crippen LogP contribution >= 0.6 is 11.8 Å². The van der Waals surface area contributed by atoms with E-state index in [9.17, 15) is 4.79 Å². The van der Waals surface area contributed by atoms with Crippen LogP contribution in [0.15, 0.2) is 30.3 Å². The summed E-state index contributed by atoms with van der Waals surface area (Å²) in [5, 5.41) is 0. The summed E-state index contributed by atoms with van der Waals surface area (Å²) in [7, 11) is 0. The molecule has 2 heterocycles. The lowest BCUT2D eigenvalue weighted by molar-refractivity contribution is -0.132. The van der Waals surface area contributed by atoms with Gasteiger partial charge in [-0.05, 0) is 12.0 Å². The van der Waals surface area contributed by atoms with E-state index in [0.717, 1.165) is 31.0 Å². The number of hydrogen-bond acceptors (Lipinski definition) is 4. The SMILES string of the molecule is O=C(C1CC(c2ccccc2)NN1)N1CCSCC1. The van der Waals surface area contributed by atoms with Crippen LogP contribution in [0.25, 0.3) is 0 Å². The molecule has 2 N–H and O–H groups in total. The summed E-state index contributed by atoms with van der Waals surface area (Å²) in [5.41, 5.74) is 7.63. The first-order chi connectivity index (χ1) is 9.34. The first-order valence-electron chi connectivity index (χ1n) is 6.77. The second-order valence-corrected chi connectivity index (χ2v) is 6.20. The highest BCUT2D eigenvalue weighted by molar-refractivity contribution is 7.99. The van der Waals surface area contributed by atoms with E-state index in [4.69, 9.17) is 0 Å². The maximum atomic E-state index is 12.4. The van der Waals surface area contributed by atoms with Gasteiger partial charge in [-0.2, -0.15) is 11.8 Å². The standard InChI is InChI=1S/C14H19N3OS/c18-14(17-6-8-19-9-7-17)13-10-12(15-16-13)11-4-2-1-3-5-11/h1-5,12-13,15-16H,6-10H2. The first-order valence-corrected chi connectivity index (χ1v) is 7.92. The van der Waals surface area contributed by atoms with E-state index < -0.39 is 0 Å². The smallest absolute Gasteiger partial charge is 0.241 e. The summed E-state index contributed by atoms with van der Waals surface area (Å²) in [4.78, 5) is 14.4. The highest BCUT2D eigenvalue weighted by Gasteiger charge is 2.33. The molecule has 19 heavy (non-hydrogen) atoms. The third kappa shape index (κ3) is 2.94. The number of benzene rings is 1. The average Bonchev–Trinajstić information content (AvgIpc) is 2.98. The Bertz CT molecular complexity index is 434. The Morgan fingerprint density at radius 2 is 1.89 bits per heavy atom. The fourth-order valence-electron chi connectivity index (χ4n) is 2.63. The molecule has 4 nitrogen and oxygen atoms in total. The van der Waals surface area contributed by atoms with Crippen molar-refractivity contribution in [3.63, 3.8) is 0 Å². The van der Waals surface area contributed by atoms with E-state index in [1.165, 1.54) is 5.56 Å². The van der Waals surface area contributed by atoms with E-state index in [1.54, 1.807) is 0 Å². The van der Waals surface area contributed by atoms with Gasteiger partial charge >= 0.3 is 0 Å². The minimum absolute atomic E-state index is 0.0895. The molecule has 2 unspecified atom stereocenters. The van der Waals surface area contributed by atoms with E-state index >= 15 is 0 Å². The summed E-state index contributed by atoms with van der Waals surface area (Å²) in [6.45, 7) is 1.77. The Labute approximate surface area is 117 Å². The van der Waals surface area contributed by atoms with Crippen LogP contribution in [0.5, 0.6) is 0 Å². The van der Waals surface area contributed by atoms with Gasteiger partial charge in [-0.3, -0.25) is 4.79 Å². The van der Waals surface area contributed by atoms with Gasteiger partial charge in [0, 0.05) is 30.6 Å². The Balaban J connectivity index is 1.61. The molecule has 0 aromatic heterocycles. The zero-order valence-electron chi connectivity index (χ0n) is 10.8. The molecule has 2 fully saturated rings. The van der Waals surface area contributed by atoms with Crippen molar-refractivity contribution in [1.82, 2.24) is 15.8 Å². The van der Waals surface area contributed by atoms with Crippen LogP contribution in [-0.4, -0.2) is 41.4 Å². The topological polar surface area (TPSA) is 44.4 Å². The number of nitrogens with one attached hydrogen (secondary N) is 2. The number of amides is 1. The summed E-state index contributed by atoms with van der Waals surface area (Å²) >= 11 is 1.93. The minimum atomic E-state index is -0.0895. The molecule has 1 aromatic carbocycles.